The second kappa shape index (κ2) is 5.04. The fourth-order valence-electron chi connectivity index (χ4n) is 3.40. The summed E-state index contributed by atoms with van der Waals surface area (Å²) in [7, 11) is 0. The summed E-state index contributed by atoms with van der Waals surface area (Å²) in [6.07, 6.45) is 4.96. The first-order valence-corrected chi connectivity index (χ1v) is 8.44. The Bertz CT molecular complexity index is 746. The van der Waals surface area contributed by atoms with Crippen LogP contribution in [-0.2, 0) is 0 Å². The Balaban J connectivity index is 1.55. The number of thiazole rings is 1. The molecule has 6 nitrogen and oxygen atoms in total. The summed E-state index contributed by atoms with van der Waals surface area (Å²) in [5.41, 5.74) is 0.575. The second-order valence-corrected chi connectivity index (χ2v) is 7.39. The summed E-state index contributed by atoms with van der Waals surface area (Å²) in [6.45, 7) is 0.393. The van der Waals surface area contributed by atoms with Crippen LogP contribution in [0.1, 0.15) is 25.7 Å². The van der Waals surface area contributed by atoms with E-state index in [1.807, 2.05) is 0 Å². The Morgan fingerprint density at radius 1 is 1.55 bits per heavy atom. The number of nitrogens with one attached hydrogen (secondary N) is 1. The maximum Gasteiger partial charge on any atom is 0.324 e. The van der Waals surface area contributed by atoms with Crippen molar-refractivity contribution in [3.05, 3.63) is 17.4 Å². The normalized spacial score (nSPS) is 23.0. The molecule has 0 radical (unpaired) electrons. The van der Waals surface area contributed by atoms with E-state index in [0.717, 1.165) is 29.5 Å². The number of rotatable bonds is 1. The van der Waals surface area contributed by atoms with Crippen molar-refractivity contribution in [2.24, 2.45) is 0 Å². The Kier molecular flexibility index (Phi) is 3.25. The number of fused-ring (bicyclic) bond motifs is 1. The summed E-state index contributed by atoms with van der Waals surface area (Å²) >= 11 is 7.21. The smallest absolute Gasteiger partial charge is 0.324 e. The molecule has 2 fully saturated rings. The van der Waals surface area contributed by atoms with Gasteiger partial charge in [0, 0.05) is 24.3 Å². The van der Waals surface area contributed by atoms with Crippen molar-refractivity contribution in [1.29, 1.82) is 0 Å². The minimum absolute atomic E-state index is 0.148. The van der Waals surface area contributed by atoms with Gasteiger partial charge in [-0.1, -0.05) is 22.9 Å². The summed E-state index contributed by atoms with van der Waals surface area (Å²) in [5.74, 6) is 0. The molecule has 22 heavy (non-hydrogen) atoms. The molecule has 4 rings (SSSR count). The quantitative estimate of drug-likeness (QED) is 0.784. The van der Waals surface area contributed by atoms with E-state index in [1.54, 1.807) is 17.2 Å². The van der Waals surface area contributed by atoms with Gasteiger partial charge in [0.15, 0.2) is 5.13 Å². The number of pyridine rings is 1. The highest BCUT2D eigenvalue weighted by Gasteiger charge is 2.51. The fraction of sp³-hybridized carbons (Fsp3) is 0.500. The Morgan fingerprint density at radius 3 is 3.09 bits per heavy atom. The van der Waals surface area contributed by atoms with Crippen molar-refractivity contribution in [3.8, 4) is 0 Å². The molecule has 8 heteroatoms. The molecule has 2 aromatic rings. The lowest BCUT2D eigenvalue weighted by Gasteiger charge is -2.45. The number of amides is 2. The van der Waals surface area contributed by atoms with Crippen LogP contribution in [0.15, 0.2) is 12.3 Å². The number of aliphatic hydroxyl groups excluding tert-OH is 1. The number of aromatic nitrogens is 2. The average Bonchev–Trinajstić information content (AvgIpc) is 2.98. The zero-order valence-corrected chi connectivity index (χ0v) is 13.3. The third kappa shape index (κ3) is 2.24. The summed E-state index contributed by atoms with van der Waals surface area (Å²) in [6, 6.07) is 1.49. The van der Waals surface area contributed by atoms with Crippen molar-refractivity contribution >= 4 is 44.3 Å². The highest BCUT2D eigenvalue weighted by molar-refractivity contribution is 7.22. The van der Waals surface area contributed by atoms with E-state index in [1.165, 1.54) is 11.3 Å². The van der Waals surface area contributed by atoms with Crippen molar-refractivity contribution in [2.75, 3.05) is 11.9 Å². The van der Waals surface area contributed by atoms with Crippen LogP contribution in [0.2, 0.25) is 5.15 Å². The maximum atomic E-state index is 12.5. The van der Waals surface area contributed by atoms with Gasteiger partial charge < -0.3 is 10.0 Å². The third-order valence-electron chi connectivity index (χ3n) is 4.57. The van der Waals surface area contributed by atoms with Gasteiger partial charge >= 0.3 is 6.03 Å². The van der Waals surface area contributed by atoms with Gasteiger partial charge in [-0.2, -0.15) is 0 Å². The van der Waals surface area contributed by atoms with Gasteiger partial charge in [0.1, 0.15) is 5.15 Å². The van der Waals surface area contributed by atoms with E-state index < -0.39 is 6.10 Å². The van der Waals surface area contributed by atoms with Gasteiger partial charge in [0.25, 0.3) is 0 Å². The van der Waals surface area contributed by atoms with Crippen LogP contribution in [0.3, 0.4) is 0 Å². The van der Waals surface area contributed by atoms with Gasteiger partial charge in [-0.25, -0.2) is 14.8 Å². The Morgan fingerprint density at radius 2 is 2.36 bits per heavy atom. The fourth-order valence-corrected chi connectivity index (χ4v) is 4.35. The van der Waals surface area contributed by atoms with E-state index in [9.17, 15) is 9.90 Å². The van der Waals surface area contributed by atoms with Gasteiger partial charge in [-0.05, 0) is 25.7 Å². The molecule has 3 heterocycles. The predicted octanol–water partition coefficient (Wildman–Crippen LogP) is 2.87. The molecule has 1 saturated carbocycles. The molecule has 1 aliphatic carbocycles. The molecular formula is C14H15ClN4O2S. The number of halogens is 1. The number of urea groups is 1. The molecule has 1 unspecified atom stereocenters. The van der Waals surface area contributed by atoms with E-state index in [4.69, 9.17) is 11.6 Å². The van der Waals surface area contributed by atoms with Crippen molar-refractivity contribution < 1.29 is 9.90 Å². The first-order chi connectivity index (χ1) is 10.6. The number of anilines is 1. The van der Waals surface area contributed by atoms with Crippen LogP contribution in [0.5, 0.6) is 0 Å². The van der Waals surface area contributed by atoms with Gasteiger partial charge in [0.05, 0.1) is 16.3 Å². The predicted molar refractivity (Wildman–Crippen MR) is 85.4 cm³/mol. The Hall–Kier alpha value is -1.44. The van der Waals surface area contributed by atoms with Crippen LogP contribution >= 0.6 is 22.9 Å². The van der Waals surface area contributed by atoms with Crippen LogP contribution in [0.25, 0.3) is 10.2 Å². The lowest BCUT2D eigenvalue weighted by molar-refractivity contribution is 0.0869. The van der Waals surface area contributed by atoms with E-state index >= 15 is 0 Å². The van der Waals surface area contributed by atoms with Crippen molar-refractivity contribution in [2.45, 2.75) is 37.3 Å². The van der Waals surface area contributed by atoms with E-state index in [-0.39, 0.29) is 11.6 Å². The van der Waals surface area contributed by atoms with Gasteiger partial charge in [-0.15, -0.1) is 0 Å². The molecule has 0 aromatic carbocycles. The van der Waals surface area contributed by atoms with Gasteiger partial charge in [-0.3, -0.25) is 5.32 Å². The minimum Gasteiger partial charge on any atom is -0.391 e. The molecule has 0 bridgehead atoms. The molecule has 2 amide bonds. The van der Waals surface area contributed by atoms with Crippen LogP contribution < -0.4 is 5.32 Å². The molecule has 1 spiro atoms. The van der Waals surface area contributed by atoms with Crippen molar-refractivity contribution in [1.82, 2.24) is 14.9 Å². The lowest BCUT2D eigenvalue weighted by Crippen LogP contribution is -2.53. The zero-order chi connectivity index (χ0) is 15.3. The zero-order valence-electron chi connectivity index (χ0n) is 11.8. The summed E-state index contributed by atoms with van der Waals surface area (Å²) < 4.78 is 0.875. The molecule has 2 N–H and O–H groups in total. The van der Waals surface area contributed by atoms with E-state index in [2.05, 4.69) is 15.3 Å². The van der Waals surface area contributed by atoms with Crippen LogP contribution in [-0.4, -0.2) is 44.2 Å². The van der Waals surface area contributed by atoms with Crippen LogP contribution in [0.4, 0.5) is 9.93 Å². The molecule has 116 valence electrons. The number of β-amino-alcohol motifs (C(OH)–C–C–N with tert-alkyl or cyclic N) is 1. The highest BCUT2D eigenvalue weighted by Crippen LogP contribution is 2.45. The summed E-state index contributed by atoms with van der Waals surface area (Å²) in [5, 5.41) is 13.7. The van der Waals surface area contributed by atoms with E-state index in [0.29, 0.717) is 23.3 Å². The largest absolute Gasteiger partial charge is 0.391 e. The number of hydrogen-bond donors (Lipinski definition) is 2. The maximum absolute atomic E-state index is 12.5. The minimum atomic E-state index is -0.426. The van der Waals surface area contributed by atoms with Crippen LogP contribution in [0, 0.1) is 0 Å². The van der Waals surface area contributed by atoms with Gasteiger partial charge in [0.2, 0.25) is 0 Å². The second-order valence-electron chi connectivity index (χ2n) is 5.97. The molecular weight excluding hydrogens is 324 g/mol. The highest BCUT2D eigenvalue weighted by atomic mass is 35.5. The first kappa shape index (κ1) is 14.2. The third-order valence-corrected chi connectivity index (χ3v) is 5.69. The molecule has 2 aliphatic rings. The molecule has 2 aromatic heterocycles. The standard InChI is InChI=1S/C14H15ClN4O2S/c15-11-4-9-10(6-16-11)22-12(17-9)18-13(21)19-7-8(20)5-14(19)2-1-3-14/h4,6,8,20H,1-3,5,7H2,(H,17,18,21). The SMILES string of the molecule is O=C(Nc1nc2cc(Cl)ncc2s1)N1CC(O)CC12CCC2. The molecule has 1 saturated heterocycles. The number of carbonyl (C=O) groups excluding carboxylic acids is 1. The molecule has 1 atom stereocenters. The van der Waals surface area contributed by atoms with Crippen molar-refractivity contribution in [3.63, 3.8) is 0 Å². The number of hydrogen-bond acceptors (Lipinski definition) is 5. The molecule has 1 aliphatic heterocycles. The number of likely N-dealkylation sites (tertiary alicyclic amines) is 1. The monoisotopic (exact) mass is 338 g/mol. The first-order valence-electron chi connectivity index (χ1n) is 7.25. The number of aliphatic hydroxyl groups is 1. The Labute approximate surface area is 136 Å². The average molecular weight is 339 g/mol. The summed E-state index contributed by atoms with van der Waals surface area (Å²) in [4.78, 5) is 22.7. The lowest BCUT2D eigenvalue weighted by atomic mass is 9.74. The topological polar surface area (TPSA) is 78.4 Å². The number of nitrogens with zero attached hydrogens (tertiary/aromatic N) is 3. The number of carbonyl (C=O) groups is 1.